The number of carbonyl (C=O) groups is 2. The average molecular weight is 556 g/mol. The molecule has 0 saturated carbocycles. The number of H-pyrrole nitrogens is 1. The number of fused-ring (bicyclic) bond motifs is 1. The van der Waals surface area contributed by atoms with Crippen LogP contribution in [0.15, 0.2) is 72.4 Å². The first-order valence-electron chi connectivity index (χ1n) is 11.4. The van der Waals surface area contributed by atoms with Crippen LogP contribution in [0.5, 0.6) is 5.75 Å². The van der Waals surface area contributed by atoms with E-state index in [4.69, 9.17) is 39.5 Å². The first-order chi connectivity index (χ1) is 17.8. The van der Waals surface area contributed by atoms with Gasteiger partial charge in [0.05, 0.1) is 23.7 Å². The van der Waals surface area contributed by atoms with Crippen LogP contribution in [-0.4, -0.2) is 40.3 Å². The lowest BCUT2D eigenvalue weighted by Crippen LogP contribution is -2.31. The number of Topliss-reactive ketones (excluding diaryl/α,β-unsaturated/α-hetero) is 1. The van der Waals surface area contributed by atoms with Crippen molar-refractivity contribution in [3.63, 3.8) is 0 Å². The summed E-state index contributed by atoms with van der Waals surface area (Å²) < 4.78 is 5.35. The molecule has 6 nitrogen and oxygen atoms in total. The van der Waals surface area contributed by atoms with Crippen LogP contribution in [0.25, 0.3) is 16.7 Å². The van der Waals surface area contributed by atoms with Gasteiger partial charge in [-0.2, -0.15) is 0 Å². The third kappa shape index (κ3) is 4.68. The van der Waals surface area contributed by atoms with E-state index in [0.717, 1.165) is 22.2 Å². The van der Waals surface area contributed by atoms with Crippen molar-refractivity contribution in [1.29, 1.82) is 0 Å². The molecule has 1 fully saturated rings. The van der Waals surface area contributed by atoms with Crippen LogP contribution in [0.1, 0.15) is 22.7 Å². The fourth-order valence-electron chi connectivity index (χ4n) is 4.66. The molecule has 1 aromatic heterocycles. The second-order valence-electron chi connectivity index (χ2n) is 8.64. The van der Waals surface area contributed by atoms with Gasteiger partial charge in [-0.05, 0) is 66.1 Å². The first-order valence-corrected chi connectivity index (χ1v) is 12.5. The van der Waals surface area contributed by atoms with E-state index in [1.165, 1.54) is 17.0 Å². The Morgan fingerprint density at radius 1 is 1.00 bits per heavy atom. The van der Waals surface area contributed by atoms with Crippen LogP contribution in [0.4, 0.5) is 0 Å². The molecular weight excluding hydrogens is 535 g/mol. The van der Waals surface area contributed by atoms with Gasteiger partial charge in [-0.15, -0.1) is 0 Å². The van der Waals surface area contributed by atoms with E-state index in [9.17, 15) is 14.7 Å². The van der Waals surface area contributed by atoms with E-state index >= 15 is 0 Å². The van der Waals surface area contributed by atoms with Gasteiger partial charge in [0.2, 0.25) is 0 Å². The number of likely N-dealkylation sites (tertiary alicyclic amines) is 1. The van der Waals surface area contributed by atoms with Crippen LogP contribution >= 0.6 is 34.8 Å². The van der Waals surface area contributed by atoms with Gasteiger partial charge in [0, 0.05) is 39.3 Å². The predicted molar refractivity (Wildman–Crippen MR) is 145 cm³/mol. The molecule has 37 heavy (non-hydrogen) atoms. The van der Waals surface area contributed by atoms with Crippen molar-refractivity contribution in [2.45, 2.75) is 12.5 Å². The maximum atomic E-state index is 13.3. The van der Waals surface area contributed by atoms with Crippen molar-refractivity contribution >= 4 is 63.2 Å². The van der Waals surface area contributed by atoms with Crippen LogP contribution in [0, 0.1) is 0 Å². The Kier molecular flexibility index (Phi) is 6.90. The zero-order valence-electron chi connectivity index (χ0n) is 19.6. The molecule has 9 heteroatoms. The minimum absolute atomic E-state index is 0.0443. The number of ketones is 1. The van der Waals surface area contributed by atoms with Gasteiger partial charge in [0.15, 0.2) is 0 Å². The van der Waals surface area contributed by atoms with Gasteiger partial charge < -0.3 is 19.7 Å². The summed E-state index contributed by atoms with van der Waals surface area (Å²) in [4.78, 5) is 31.3. The molecule has 5 rings (SSSR count). The molecule has 1 saturated heterocycles. The van der Waals surface area contributed by atoms with Gasteiger partial charge in [-0.3, -0.25) is 9.59 Å². The third-order valence-corrected chi connectivity index (χ3v) is 7.31. The Labute approximate surface area is 228 Å². The highest BCUT2D eigenvalue weighted by molar-refractivity contribution is 6.47. The number of rotatable bonds is 6. The smallest absolute Gasteiger partial charge is 0.295 e. The van der Waals surface area contributed by atoms with Gasteiger partial charge in [-0.1, -0.05) is 46.9 Å². The number of amides is 1. The lowest BCUT2D eigenvalue weighted by Gasteiger charge is -2.25. The molecule has 188 valence electrons. The second-order valence-corrected chi connectivity index (χ2v) is 9.92. The van der Waals surface area contributed by atoms with Crippen molar-refractivity contribution in [3.05, 3.63) is 104 Å². The molecule has 4 aromatic rings. The number of ether oxygens (including phenoxy) is 1. The maximum Gasteiger partial charge on any atom is 0.295 e. The fourth-order valence-corrected chi connectivity index (χ4v) is 5.29. The van der Waals surface area contributed by atoms with E-state index in [1.807, 2.05) is 24.4 Å². The number of carbonyl (C=O) groups excluding carboxylic acids is 2. The van der Waals surface area contributed by atoms with Crippen molar-refractivity contribution in [2.24, 2.45) is 0 Å². The van der Waals surface area contributed by atoms with Crippen LogP contribution in [-0.2, 0) is 16.0 Å². The quantitative estimate of drug-likeness (QED) is 0.156. The fraction of sp³-hybridized carbons (Fsp3) is 0.143. The normalized spacial score (nSPS) is 17.1. The van der Waals surface area contributed by atoms with Crippen molar-refractivity contribution in [2.75, 3.05) is 13.7 Å². The Balaban J connectivity index is 1.57. The summed E-state index contributed by atoms with van der Waals surface area (Å²) in [5.41, 5.74) is 2.70. The number of methoxy groups -OCH3 is 1. The van der Waals surface area contributed by atoms with Gasteiger partial charge >= 0.3 is 0 Å². The van der Waals surface area contributed by atoms with E-state index in [0.29, 0.717) is 22.0 Å². The predicted octanol–water partition coefficient (Wildman–Crippen LogP) is 6.80. The average Bonchev–Trinajstić information content (AvgIpc) is 3.40. The summed E-state index contributed by atoms with van der Waals surface area (Å²) in [6.07, 6.45) is 2.34. The third-order valence-electron chi connectivity index (χ3n) is 6.51. The number of aromatic amines is 1. The van der Waals surface area contributed by atoms with Crippen molar-refractivity contribution in [1.82, 2.24) is 9.88 Å². The minimum atomic E-state index is -0.830. The molecular formula is C28H21Cl3N2O4. The number of halogens is 3. The molecule has 0 radical (unpaired) electrons. The summed E-state index contributed by atoms with van der Waals surface area (Å²) in [5, 5.41) is 13.3. The monoisotopic (exact) mass is 554 g/mol. The molecule has 3 aromatic carbocycles. The highest BCUT2D eigenvalue weighted by Crippen LogP contribution is 2.41. The Morgan fingerprint density at radius 2 is 1.73 bits per heavy atom. The first kappa shape index (κ1) is 25.2. The number of aliphatic hydroxyl groups is 1. The minimum Gasteiger partial charge on any atom is -0.507 e. The van der Waals surface area contributed by atoms with Crippen molar-refractivity contribution in [3.8, 4) is 5.75 Å². The second kappa shape index (κ2) is 10.1. The molecule has 1 aliphatic heterocycles. The Hall–Kier alpha value is -3.45. The lowest BCUT2D eigenvalue weighted by atomic mass is 9.95. The highest BCUT2D eigenvalue weighted by Gasteiger charge is 2.46. The standard InChI is InChI=1S/C28H21Cl3N2O4/c1-37-19-7-9-23-21(13-19)16(14-32-23)10-11-33-25(15-2-4-17(29)5-3-15)24(27(35)28(33)36)26(34)20-8-6-18(30)12-22(20)31/h2-9,12-14,25,32,34H,10-11H2,1H3/b26-24-. The largest absolute Gasteiger partial charge is 0.507 e. The number of hydrogen-bond acceptors (Lipinski definition) is 4. The molecule has 2 heterocycles. The molecule has 1 aliphatic rings. The molecule has 0 aliphatic carbocycles. The van der Waals surface area contributed by atoms with Gasteiger partial charge in [-0.25, -0.2) is 0 Å². The molecule has 0 spiro atoms. The summed E-state index contributed by atoms with van der Waals surface area (Å²) in [5.74, 6) is -1.14. The maximum absolute atomic E-state index is 13.3. The summed E-state index contributed by atoms with van der Waals surface area (Å²) in [7, 11) is 1.60. The van der Waals surface area contributed by atoms with Crippen LogP contribution < -0.4 is 4.74 Å². The Bertz CT molecular complexity index is 1560. The number of benzene rings is 3. The molecule has 1 unspecified atom stereocenters. The molecule has 0 bridgehead atoms. The van der Waals surface area contributed by atoms with Gasteiger partial charge in [0.25, 0.3) is 11.7 Å². The van der Waals surface area contributed by atoms with Crippen LogP contribution in [0.3, 0.4) is 0 Å². The number of aliphatic hydroxyl groups excluding tert-OH is 1. The Morgan fingerprint density at radius 3 is 2.43 bits per heavy atom. The SMILES string of the molecule is COc1ccc2[nH]cc(CCN3C(=O)C(=O)/C(=C(\O)c4ccc(Cl)cc4Cl)C3c3ccc(Cl)cc3)c2c1. The van der Waals surface area contributed by atoms with E-state index in [1.54, 1.807) is 37.4 Å². The van der Waals surface area contributed by atoms with Crippen molar-refractivity contribution < 1.29 is 19.4 Å². The summed E-state index contributed by atoms with van der Waals surface area (Å²) >= 11 is 18.4. The zero-order chi connectivity index (χ0) is 26.3. The number of nitrogens with zero attached hydrogens (tertiary/aromatic N) is 1. The van der Waals surface area contributed by atoms with E-state index < -0.39 is 17.7 Å². The highest BCUT2D eigenvalue weighted by atomic mass is 35.5. The topological polar surface area (TPSA) is 82.6 Å². The summed E-state index contributed by atoms with van der Waals surface area (Å²) in [6, 6.07) is 16.3. The van der Waals surface area contributed by atoms with Crippen LogP contribution in [0.2, 0.25) is 15.1 Å². The molecule has 2 N–H and O–H groups in total. The number of aromatic nitrogens is 1. The zero-order valence-corrected chi connectivity index (χ0v) is 21.9. The summed E-state index contributed by atoms with van der Waals surface area (Å²) in [6.45, 7) is 0.229. The lowest BCUT2D eigenvalue weighted by molar-refractivity contribution is -0.139. The van der Waals surface area contributed by atoms with E-state index in [2.05, 4.69) is 4.98 Å². The molecule has 1 amide bonds. The molecule has 1 atom stereocenters. The number of nitrogens with one attached hydrogen (secondary N) is 1. The number of hydrogen-bond donors (Lipinski definition) is 2. The van der Waals surface area contributed by atoms with E-state index in [-0.39, 0.29) is 28.5 Å². The van der Waals surface area contributed by atoms with Gasteiger partial charge in [0.1, 0.15) is 11.5 Å².